The highest BCUT2D eigenvalue weighted by atomic mass is 19.1. The minimum atomic E-state index is -0.308. The van der Waals surface area contributed by atoms with Crippen LogP contribution in [0.15, 0.2) is 24.3 Å². The Kier molecular flexibility index (Phi) is 4.37. The van der Waals surface area contributed by atoms with E-state index < -0.39 is 0 Å². The van der Waals surface area contributed by atoms with Gasteiger partial charge in [0.15, 0.2) is 0 Å². The number of aromatic nitrogens is 1. The van der Waals surface area contributed by atoms with E-state index in [1.54, 1.807) is 12.1 Å². The number of ether oxygens (including phenoxy) is 1. The van der Waals surface area contributed by atoms with E-state index in [1.807, 2.05) is 0 Å². The summed E-state index contributed by atoms with van der Waals surface area (Å²) in [7, 11) is 0. The number of carbonyl (C=O) groups excluding carboxylic acids is 1. The molecule has 0 atom stereocenters. The fourth-order valence-electron chi connectivity index (χ4n) is 2.90. The van der Waals surface area contributed by atoms with Crippen molar-refractivity contribution in [3.05, 3.63) is 35.8 Å². The lowest BCUT2D eigenvalue weighted by Gasteiger charge is -2.40. The minimum absolute atomic E-state index is 0.141. The van der Waals surface area contributed by atoms with Crippen molar-refractivity contribution in [3.63, 3.8) is 0 Å². The molecule has 5 nitrogen and oxygen atoms in total. The number of nitrogens with zero attached hydrogens (tertiary/aromatic N) is 1. The lowest BCUT2D eigenvalue weighted by Crippen LogP contribution is -2.55. The smallest absolute Gasteiger partial charge is 0.267 e. The van der Waals surface area contributed by atoms with Crippen molar-refractivity contribution < 1.29 is 13.9 Å². The number of hydrogen-bond donors (Lipinski definition) is 2. The molecule has 0 spiro atoms. The topological polar surface area (TPSA) is 57.4 Å². The van der Waals surface area contributed by atoms with Crippen molar-refractivity contribution in [3.8, 4) is 0 Å². The van der Waals surface area contributed by atoms with Crippen LogP contribution in [0.5, 0.6) is 0 Å². The summed E-state index contributed by atoms with van der Waals surface area (Å²) in [6.45, 7) is 7.95. The van der Waals surface area contributed by atoms with E-state index in [-0.39, 0.29) is 17.3 Å². The lowest BCUT2D eigenvalue weighted by atomic mass is 10.0. The van der Waals surface area contributed by atoms with Crippen LogP contribution in [0, 0.1) is 5.82 Å². The molecule has 1 amide bonds. The molecule has 0 radical (unpaired) electrons. The second-order valence-electron chi connectivity index (χ2n) is 6.51. The summed E-state index contributed by atoms with van der Waals surface area (Å²) < 4.78 is 18.6. The number of morpholine rings is 1. The van der Waals surface area contributed by atoms with E-state index in [0.29, 0.717) is 17.6 Å². The van der Waals surface area contributed by atoms with E-state index in [1.165, 1.54) is 12.1 Å². The van der Waals surface area contributed by atoms with Crippen LogP contribution < -0.4 is 5.32 Å². The van der Waals surface area contributed by atoms with Crippen LogP contribution in [0.3, 0.4) is 0 Å². The number of amides is 1. The number of nitrogens with one attached hydrogen (secondary N) is 2. The molecule has 1 fully saturated rings. The zero-order chi connectivity index (χ0) is 16.4. The number of aromatic amines is 1. The third-order valence-electron chi connectivity index (χ3n) is 4.38. The van der Waals surface area contributed by atoms with E-state index in [9.17, 15) is 9.18 Å². The maximum atomic E-state index is 13.2. The van der Waals surface area contributed by atoms with E-state index >= 15 is 0 Å². The van der Waals surface area contributed by atoms with Crippen LogP contribution >= 0.6 is 0 Å². The van der Waals surface area contributed by atoms with Crippen molar-refractivity contribution in [1.29, 1.82) is 0 Å². The highest BCUT2D eigenvalue weighted by molar-refractivity contribution is 5.98. The Bertz CT molecular complexity index is 705. The van der Waals surface area contributed by atoms with Gasteiger partial charge in [-0.05, 0) is 38.1 Å². The largest absolute Gasteiger partial charge is 0.379 e. The van der Waals surface area contributed by atoms with Crippen molar-refractivity contribution in [2.75, 3.05) is 32.8 Å². The maximum absolute atomic E-state index is 13.2. The number of halogens is 1. The Labute approximate surface area is 134 Å². The van der Waals surface area contributed by atoms with Gasteiger partial charge >= 0.3 is 0 Å². The molecular formula is C17H22FN3O2. The molecule has 0 aliphatic carbocycles. The number of H-pyrrole nitrogens is 1. The molecule has 1 aromatic heterocycles. The summed E-state index contributed by atoms with van der Waals surface area (Å²) in [5.41, 5.74) is 1.06. The Morgan fingerprint density at radius 2 is 2.09 bits per heavy atom. The summed E-state index contributed by atoms with van der Waals surface area (Å²) >= 11 is 0. The number of hydrogen-bond acceptors (Lipinski definition) is 3. The molecule has 1 aromatic carbocycles. The van der Waals surface area contributed by atoms with Crippen LogP contribution in [-0.2, 0) is 4.74 Å². The second-order valence-corrected chi connectivity index (χ2v) is 6.51. The average Bonchev–Trinajstić information content (AvgIpc) is 2.96. The second kappa shape index (κ2) is 6.29. The molecule has 0 unspecified atom stereocenters. The number of rotatable bonds is 4. The van der Waals surface area contributed by atoms with E-state index in [0.717, 1.165) is 31.8 Å². The molecule has 23 heavy (non-hydrogen) atoms. The van der Waals surface area contributed by atoms with Gasteiger partial charge in [0.05, 0.1) is 13.2 Å². The van der Waals surface area contributed by atoms with Crippen LogP contribution in [0.4, 0.5) is 4.39 Å². The fraction of sp³-hybridized carbons (Fsp3) is 0.471. The molecular weight excluding hydrogens is 297 g/mol. The summed E-state index contributed by atoms with van der Waals surface area (Å²) in [6, 6.07) is 6.11. The number of benzene rings is 1. The van der Waals surface area contributed by atoms with Gasteiger partial charge in [-0.15, -0.1) is 0 Å². The highest BCUT2D eigenvalue weighted by Gasteiger charge is 2.28. The fourth-order valence-corrected chi connectivity index (χ4v) is 2.90. The van der Waals surface area contributed by atoms with Gasteiger partial charge in [-0.25, -0.2) is 4.39 Å². The number of fused-ring (bicyclic) bond motifs is 1. The normalized spacial score (nSPS) is 16.7. The molecule has 2 N–H and O–H groups in total. The quantitative estimate of drug-likeness (QED) is 0.908. The summed E-state index contributed by atoms with van der Waals surface area (Å²) in [5, 5.41) is 3.66. The zero-order valence-corrected chi connectivity index (χ0v) is 13.5. The maximum Gasteiger partial charge on any atom is 0.267 e. The first-order valence-electron chi connectivity index (χ1n) is 7.85. The van der Waals surface area contributed by atoms with Crippen molar-refractivity contribution >= 4 is 16.8 Å². The molecule has 0 bridgehead atoms. The Morgan fingerprint density at radius 1 is 1.35 bits per heavy atom. The summed E-state index contributed by atoms with van der Waals surface area (Å²) in [6.07, 6.45) is 0. The Hall–Kier alpha value is -1.92. The molecule has 0 saturated carbocycles. The van der Waals surface area contributed by atoms with Gasteiger partial charge in [-0.3, -0.25) is 9.69 Å². The van der Waals surface area contributed by atoms with Crippen molar-refractivity contribution in [1.82, 2.24) is 15.2 Å². The minimum Gasteiger partial charge on any atom is -0.379 e. The molecule has 1 aliphatic rings. The van der Waals surface area contributed by atoms with Gasteiger partial charge in [0.1, 0.15) is 11.5 Å². The first-order chi connectivity index (χ1) is 11.0. The van der Waals surface area contributed by atoms with Gasteiger partial charge in [-0.2, -0.15) is 0 Å². The SMILES string of the molecule is CC(C)(CNC(=O)c1cc2cc(F)ccc2[nH]1)N1CCOCC1. The monoisotopic (exact) mass is 319 g/mol. The average molecular weight is 319 g/mol. The summed E-state index contributed by atoms with van der Waals surface area (Å²) in [5.74, 6) is -0.486. The van der Waals surface area contributed by atoms with E-state index in [2.05, 4.69) is 29.0 Å². The molecule has 124 valence electrons. The van der Waals surface area contributed by atoms with Gasteiger partial charge in [0.25, 0.3) is 5.91 Å². The van der Waals surface area contributed by atoms with Crippen LogP contribution in [-0.4, -0.2) is 54.2 Å². The molecule has 3 rings (SSSR count). The van der Waals surface area contributed by atoms with Crippen LogP contribution in [0.25, 0.3) is 10.9 Å². The Morgan fingerprint density at radius 3 is 2.83 bits per heavy atom. The predicted molar refractivity (Wildman–Crippen MR) is 87.1 cm³/mol. The molecule has 6 heteroatoms. The van der Waals surface area contributed by atoms with Crippen LogP contribution in [0.1, 0.15) is 24.3 Å². The third kappa shape index (κ3) is 3.54. The van der Waals surface area contributed by atoms with Gasteiger partial charge in [-0.1, -0.05) is 0 Å². The van der Waals surface area contributed by atoms with Crippen molar-refractivity contribution in [2.24, 2.45) is 0 Å². The molecule has 1 saturated heterocycles. The van der Waals surface area contributed by atoms with Crippen LogP contribution in [0.2, 0.25) is 0 Å². The van der Waals surface area contributed by atoms with Gasteiger partial charge in [0.2, 0.25) is 0 Å². The van der Waals surface area contributed by atoms with Crippen molar-refractivity contribution in [2.45, 2.75) is 19.4 Å². The first-order valence-corrected chi connectivity index (χ1v) is 7.85. The highest BCUT2D eigenvalue weighted by Crippen LogP contribution is 2.18. The molecule has 1 aliphatic heterocycles. The Balaban J connectivity index is 1.65. The molecule has 2 heterocycles. The van der Waals surface area contributed by atoms with E-state index in [4.69, 9.17) is 4.74 Å². The van der Waals surface area contributed by atoms with Gasteiger partial charge < -0.3 is 15.0 Å². The molecule has 2 aromatic rings. The zero-order valence-electron chi connectivity index (χ0n) is 13.5. The first kappa shape index (κ1) is 16.0. The summed E-state index contributed by atoms with van der Waals surface area (Å²) in [4.78, 5) is 17.7. The van der Waals surface area contributed by atoms with Gasteiger partial charge in [0, 0.05) is 36.1 Å². The number of carbonyl (C=O) groups is 1. The standard InChI is InChI=1S/C17H22FN3O2/c1-17(2,21-5-7-23-8-6-21)11-19-16(22)15-10-12-9-13(18)3-4-14(12)20-15/h3-4,9-10,20H,5-8,11H2,1-2H3,(H,19,22). The lowest BCUT2D eigenvalue weighted by molar-refractivity contribution is -0.00924. The predicted octanol–water partition coefficient (Wildman–Crippen LogP) is 2.15. The third-order valence-corrected chi connectivity index (χ3v) is 4.38.